The Morgan fingerprint density at radius 2 is 1.24 bits per heavy atom. The van der Waals surface area contributed by atoms with E-state index in [1.54, 1.807) is 0 Å². The topological polar surface area (TPSA) is 16.4 Å². The van der Waals surface area contributed by atoms with Crippen LogP contribution in [0.2, 0.25) is 0 Å². The summed E-state index contributed by atoms with van der Waals surface area (Å²) in [5.74, 6) is 0. The zero-order chi connectivity index (χ0) is 37.1. The van der Waals surface area contributed by atoms with Gasteiger partial charge in [-0.15, -0.1) is 0 Å². The molecule has 1 spiro atoms. The monoisotopic (exact) mass is 705 g/mol. The fourth-order valence-corrected chi connectivity index (χ4v) is 10.3. The Labute approximate surface area is 322 Å². The summed E-state index contributed by atoms with van der Waals surface area (Å²) in [6.45, 7) is 11.1. The van der Waals surface area contributed by atoms with Gasteiger partial charge in [0, 0.05) is 33.1 Å². The molecule has 0 fully saturated rings. The summed E-state index contributed by atoms with van der Waals surface area (Å²) in [4.78, 5) is 2.50. The minimum atomic E-state index is -0.604. The molecule has 55 heavy (non-hydrogen) atoms. The van der Waals surface area contributed by atoms with Crippen molar-refractivity contribution in [3.05, 3.63) is 215 Å². The molecule has 0 amide bonds. The molecule has 2 nitrogen and oxygen atoms in total. The van der Waals surface area contributed by atoms with Crippen LogP contribution in [0.5, 0.6) is 0 Å². The third kappa shape index (κ3) is 4.14. The number of furan rings is 1. The molecule has 3 aliphatic carbocycles. The lowest BCUT2D eigenvalue weighted by atomic mass is 9.68. The van der Waals surface area contributed by atoms with E-state index in [4.69, 9.17) is 4.42 Å². The molecule has 1 aromatic heterocycles. The molecule has 1 atom stereocenters. The van der Waals surface area contributed by atoms with Crippen LogP contribution in [0.25, 0.3) is 49.8 Å². The molecule has 0 aliphatic heterocycles. The van der Waals surface area contributed by atoms with E-state index in [0.717, 1.165) is 39.0 Å². The Morgan fingerprint density at radius 1 is 0.545 bits per heavy atom. The predicted molar refractivity (Wildman–Crippen MR) is 230 cm³/mol. The van der Waals surface area contributed by atoms with Crippen LogP contribution in [0.15, 0.2) is 186 Å². The molecule has 2 heteroatoms. The number of benzene rings is 7. The summed E-state index contributed by atoms with van der Waals surface area (Å²) in [5.41, 5.74) is 20.0. The summed E-state index contributed by atoms with van der Waals surface area (Å²) < 4.78 is 6.53. The summed E-state index contributed by atoms with van der Waals surface area (Å²) in [6.07, 6.45) is 6.30. The van der Waals surface area contributed by atoms with Gasteiger partial charge in [0.1, 0.15) is 11.2 Å². The third-order valence-electron chi connectivity index (χ3n) is 12.7. The Hall–Kier alpha value is -6.64. The van der Waals surface area contributed by atoms with E-state index in [9.17, 15) is 0 Å². The minimum Gasteiger partial charge on any atom is -0.456 e. The molecule has 262 valence electrons. The molecule has 11 rings (SSSR count). The summed E-state index contributed by atoms with van der Waals surface area (Å²) in [5, 5.41) is 2.27. The van der Waals surface area contributed by atoms with Crippen molar-refractivity contribution in [1.82, 2.24) is 0 Å². The van der Waals surface area contributed by atoms with Gasteiger partial charge in [0.2, 0.25) is 0 Å². The highest BCUT2D eigenvalue weighted by molar-refractivity contribution is 6.09. The van der Waals surface area contributed by atoms with Crippen LogP contribution in [-0.4, -0.2) is 0 Å². The van der Waals surface area contributed by atoms with Crippen molar-refractivity contribution in [1.29, 1.82) is 0 Å². The normalized spacial score (nSPS) is 17.1. The smallest absolute Gasteiger partial charge is 0.136 e. The van der Waals surface area contributed by atoms with Gasteiger partial charge in [-0.3, -0.25) is 0 Å². The quantitative estimate of drug-likeness (QED) is 0.166. The van der Waals surface area contributed by atoms with Crippen LogP contribution in [-0.2, 0) is 10.8 Å². The van der Waals surface area contributed by atoms with Crippen molar-refractivity contribution < 1.29 is 4.42 Å². The maximum atomic E-state index is 6.53. The van der Waals surface area contributed by atoms with E-state index in [-0.39, 0.29) is 5.41 Å². The van der Waals surface area contributed by atoms with Gasteiger partial charge in [0.05, 0.1) is 11.1 Å². The van der Waals surface area contributed by atoms with E-state index in [1.807, 2.05) is 6.08 Å². The maximum Gasteiger partial charge on any atom is 0.136 e. The Morgan fingerprint density at radius 3 is 2.05 bits per heavy atom. The molecule has 0 saturated heterocycles. The van der Waals surface area contributed by atoms with E-state index >= 15 is 0 Å². The van der Waals surface area contributed by atoms with E-state index in [1.165, 1.54) is 66.8 Å². The number of para-hydroxylation sites is 2. The summed E-state index contributed by atoms with van der Waals surface area (Å²) in [6, 6.07) is 55.9. The van der Waals surface area contributed by atoms with Gasteiger partial charge < -0.3 is 9.32 Å². The number of fused-ring (bicyclic) bond motifs is 13. The second-order valence-electron chi connectivity index (χ2n) is 15.7. The molecule has 0 radical (unpaired) electrons. The lowest BCUT2D eigenvalue weighted by molar-refractivity contribution is 0.660. The molecule has 1 heterocycles. The second-order valence-corrected chi connectivity index (χ2v) is 15.7. The second kappa shape index (κ2) is 11.4. The zero-order valence-corrected chi connectivity index (χ0v) is 31.2. The number of nitrogens with zero attached hydrogens (tertiary/aromatic N) is 1. The van der Waals surface area contributed by atoms with Crippen molar-refractivity contribution >= 4 is 44.6 Å². The molecule has 0 N–H and O–H groups in total. The van der Waals surface area contributed by atoms with Crippen LogP contribution >= 0.6 is 0 Å². The van der Waals surface area contributed by atoms with Crippen molar-refractivity contribution in [3.63, 3.8) is 0 Å². The molecule has 0 saturated carbocycles. The summed E-state index contributed by atoms with van der Waals surface area (Å²) in [7, 11) is 0. The standard InChI is InChI=1S/C53H39NO/c1-5-6-23-43-33(2)36-22-16-26-48(54(34-17-8-7-9-18-34)35-28-29-39-37-19-10-13-24-44(37)52(3,4)46(39)30-35)51(36)53(43)45-25-14-11-20-38(45)41-32-50-42(31-47(41)53)40-21-12-15-27-49(40)55-50/h5-32H,1H2,2-4H3/b23-6-. The van der Waals surface area contributed by atoms with Gasteiger partial charge in [-0.1, -0.05) is 142 Å². The Bertz CT molecular complexity index is 2990. The number of rotatable bonds is 5. The molecule has 8 aromatic rings. The van der Waals surface area contributed by atoms with Gasteiger partial charge in [-0.25, -0.2) is 0 Å². The fraction of sp³-hybridized carbons (Fsp3) is 0.0943. The first kappa shape index (κ1) is 31.8. The van der Waals surface area contributed by atoms with Crippen LogP contribution in [0.1, 0.15) is 54.2 Å². The molecular weight excluding hydrogens is 667 g/mol. The van der Waals surface area contributed by atoms with Crippen molar-refractivity contribution in [2.45, 2.75) is 31.6 Å². The van der Waals surface area contributed by atoms with Crippen LogP contribution < -0.4 is 4.90 Å². The van der Waals surface area contributed by atoms with E-state index < -0.39 is 5.41 Å². The van der Waals surface area contributed by atoms with Crippen LogP contribution in [0.4, 0.5) is 17.1 Å². The summed E-state index contributed by atoms with van der Waals surface area (Å²) >= 11 is 0. The Balaban J connectivity index is 1.25. The largest absolute Gasteiger partial charge is 0.456 e. The van der Waals surface area contributed by atoms with Crippen molar-refractivity contribution in [2.75, 3.05) is 4.90 Å². The van der Waals surface area contributed by atoms with E-state index in [0.29, 0.717) is 0 Å². The lowest BCUT2D eigenvalue weighted by Gasteiger charge is -2.37. The fourth-order valence-electron chi connectivity index (χ4n) is 10.3. The van der Waals surface area contributed by atoms with Gasteiger partial charge >= 0.3 is 0 Å². The van der Waals surface area contributed by atoms with Gasteiger partial charge in [0.25, 0.3) is 0 Å². The molecular formula is C53H39NO. The number of hydrogen-bond acceptors (Lipinski definition) is 2. The minimum absolute atomic E-state index is 0.132. The van der Waals surface area contributed by atoms with E-state index in [2.05, 4.69) is 196 Å². The number of hydrogen-bond donors (Lipinski definition) is 0. The highest BCUT2D eigenvalue weighted by Crippen LogP contribution is 2.65. The molecule has 3 aliphatic rings. The van der Waals surface area contributed by atoms with Gasteiger partial charge in [-0.05, 0) is 117 Å². The van der Waals surface area contributed by atoms with Crippen LogP contribution in [0, 0.1) is 0 Å². The average Bonchev–Trinajstić information content (AvgIpc) is 3.88. The molecule has 1 unspecified atom stereocenters. The average molecular weight is 706 g/mol. The third-order valence-corrected chi connectivity index (χ3v) is 12.7. The first-order valence-corrected chi connectivity index (χ1v) is 19.2. The van der Waals surface area contributed by atoms with Gasteiger partial charge in [-0.2, -0.15) is 0 Å². The number of anilines is 3. The first-order valence-electron chi connectivity index (χ1n) is 19.2. The first-order chi connectivity index (χ1) is 26.9. The lowest BCUT2D eigenvalue weighted by Crippen LogP contribution is -2.29. The SMILES string of the molecule is C=C/C=C\C1=C(C)c2cccc(N(c3ccccc3)c3ccc4c(c3)C(C)(C)c3ccccc3-4)c2C12c1ccccc1-c1cc3oc4ccccc4c3cc12. The zero-order valence-electron chi connectivity index (χ0n) is 31.2. The van der Waals surface area contributed by atoms with Crippen molar-refractivity contribution in [3.8, 4) is 22.3 Å². The highest BCUT2D eigenvalue weighted by atomic mass is 16.3. The predicted octanol–water partition coefficient (Wildman–Crippen LogP) is 14.2. The maximum absolute atomic E-state index is 6.53. The van der Waals surface area contributed by atoms with Gasteiger partial charge in [0.15, 0.2) is 0 Å². The number of allylic oxidation sites excluding steroid dienone is 5. The Kier molecular flexibility index (Phi) is 6.62. The molecule has 0 bridgehead atoms. The van der Waals surface area contributed by atoms with Crippen LogP contribution in [0.3, 0.4) is 0 Å². The molecule has 7 aromatic carbocycles. The highest BCUT2D eigenvalue weighted by Gasteiger charge is 2.53. The van der Waals surface area contributed by atoms with Crippen molar-refractivity contribution in [2.24, 2.45) is 0 Å².